The van der Waals surface area contributed by atoms with Gasteiger partial charge in [-0.1, -0.05) is 13.8 Å². The van der Waals surface area contributed by atoms with Gasteiger partial charge in [-0.05, 0) is 41.9 Å². The smallest absolute Gasteiger partial charge is 0.0479 e. The predicted octanol–water partition coefficient (Wildman–Crippen LogP) is 2.16. The van der Waals surface area contributed by atoms with Gasteiger partial charge in [-0.15, -0.1) is 0 Å². The number of hydrogen-bond donors (Lipinski definition) is 1. The Morgan fingerprint density at radius 2 is 2.28 bits per heavy atom. The molecule has 0 spiro atoms. The van der Waals surface area contributed by atoms with E-state index in [1.165, 1.54) is 25.1 Å². The van der Waals surface area contributed by atoms with Gasteiger partial charge in [0.1, 0.15) is 0 Å². The maximum atomic E-state index is 5.98. The summed E-state index contributed by atoms with van der Waals surface area (Å²) in [6, 6.07) is 3.34. The highest BCUT2D eigenvalue weighted by molar-refractivity contribution is 7.07. The molecule has 3 nitrogen and oxygen atoms in total. The molecule has 2 unspecified atom stereocenters. The maximum Gasteiger partial charge on any atom is 0.0479 e. The number of nitrogens with two attached hydrogens (primary N) is 1. The van der Waals surface area contributed by atoms with E-state index >= 15 is 0 Å². The van der Waals surface area contributed by atoms with Gasteiger partial charge in [0.15, 0.2) is 0 Å². The van der Waals surface area contributed by atoms with Gasteiger partial charge < -0.3 is 5.73 Å². The SMILES string of the molecule is CCN(CC)C1CCN(C(CN)c2ccsc2)C1. The number of nitrogens with zero attached hydrogens (tertiary/aromatic N) is 2. The molecule has 1 aliphatic rings. The van der Waals surface area contributed by atoms with Crippen LogP contribution in [0.2, 0.25) is 0 Å². The monoisotopic (exact) mass is 267 g/mol. The number of hydrogen-bond acceptors (Lipinski definition) is 4. The molecule has 0 amide bonds. The van der Waals surface area contributed by atoms with E-state index < -0.39 is 0 Å². The Labute approximate surface area is 115 Å². The first-order valence-corrected chi connectivity index (χ1v) is 7.94. The quantitative estimate of drug-likeness (QED) is 0.857. The molecule has 2 heterocycles. The second-order valence-electron chi connectivity index (χ2n) is 4.97. The van der Waals surface area contributed by atoms with Crippen molar-refractivity contribution >= 4 is 11.3 Å². The summed E-state index contributed by atoms with van der Waals surface area (Å²) in [4.78, 5) is 5.13. The normalized spacial score (nSPS) is 22.8. The third-order valence-electron chi connectivity index (χ3n) is 4.12. The molecule has 1 fully saturated rings. The molecule has 1 aromatic heterocycles. The molecular formula is C14H25N3S. The standard InChI is InChI=1S/C14H25N3S/c1-3-16(4-2)13-5-7-17(10-13)14(9-15)12-6-8-18-11-12/h6,8,11,13-14H,3-5,7,9-10,15H2,1-2H3. The minimum Gasteiger partial charge on any atom is -0.329 e. The summed E-state index contributed by atoms with van der Waals surface area (Å²) in [6.45, 7) is 9.89. The van der Waals surface area contributed by atoms with E-state index in [9.17, 15) is 0 Å². The summed E-state index contributed by atoms with van der Waals surface area (Å²) in [5.74, 6) is 0. The van der Waals surface area contributed by atoms with Crippen molar-refractivity contribution in [3.05, 3.63) is 22.4 Å². The van der Waals surface area contributed by atoms with Gasteiger partial charge in [-0.2, -0.15) is 11.3 Å². The zero-order valence-corrected chi connectivity index (χ0v) is 12.3. The molecule has 2 atom stereocenters. The van der Waals surface area contributed by atoms with E-state index in [0.717, 1.165) is 19.6 Å². The molecule has 1 aliphatic heterocycles. The lowest BCUT2D eigenvalue weighted by atomic mass is 10.1. The van der Waals surface area contributed by atoms with Crippen LogP contribution in [0.15, 0.2) is 16.8 Å². The van der Waals surface area contributed by atoms with Crippen LogP contribution in [0.1, 0.15) is 31.9 Å². The predicted molar refractivity (Wildman–Crippen MR) is 79.0 cm³/mol. The topological polar surface area (TPSA) is 32.5 Å². The van der Waals surface area contributed by atoms with Crippen LogP contribution in [0, 0.1) is 0 Å². The Balaban J connectivity index is 1.99. The third-order valence-corrected chi connectivity index (χ3v) is 4.82. The Hall–Kier alpha value is -0.420. The summed E-state index contributed by atoms with van der Waals surface area (Å²) in [5.41, 5.74) is 7.37. The van der Waals surface area contributed by atoms with E-state index in [-0.39, 0.29) is 0 Å². The summed E-state index contributed by atoms with van der Waals surface area (Å²) < 4.78 is 0. The molecule has 0 aromatic carbocycles. The van der Waals surface area contributed by atoms with Crippen molar-refractivity contribution < 1.29 is 0 Å². The van der Waals surface area contributed by atoms with Crippen LogP contribution >= 0.6 is 11.3 Å². The highest BCUT2D eigenvalue weighted by atomic mass is 32.1. The second-order valence-corrected chi connectivity index (χ2v) is 5.75. The van der Waals surface area contributed by atoms with Crippen LogP contribution in [-0.4, -0.2) is 48.6 Å². The highest BCUT2D eigenvalue weighted by Gasteiger charge is 2.30. The molecule has 1 saturated heterocycles. The number of likely N-dealkylation sites (N-methyl/N-ethyl adjacent to an activating group) is 1. The molecule has 102 valence electrons. The van der Waals surface area contributed by atoms with Gasteiger partial charge in [0, 0.05) is 31.7 Å². The molecule has 2 N–H and O–H groups in total. The Bertz CT molecular complexity index is 335. The van der Waals surface area contributed by atoms with Crippen molar-refractivity contribution in [2.75, 3.05) is 32.7 Å². The van der Waals surface area contributed by atoms with Crippen molar-refractivity contribution in [3.63, 3.8) is 0 Å². The Morgan fingerprint density at radius 1 is 1.50 bits per heavy atom. The van der Waals surface area contributed by atoms with Gasteiger partial charge in [0.2, 0.25) is 0 Å². The third kappa shape index (κ3) is 2.94. The molecule has 0 saturated carbocycles. The van der Waals surface area contributed by atoms with E-state index in [4.69, 9.17) is 5.73 Å². The van der Waals surface area contributed by atoms with Crippen LogP contribution < -0.4 is 5.73 Å². The summed E-state index contributed by atoms with van der Waals surface area (Å²) in [7, 11) is 0. The average molecular weight is 267 g/mol. The largest absolute Gasteiger partial charge is 0.329 e. The minimum absolute atomic E-state index is 0.414. The van der Waals surface area contributed by atoms with Crippen LogP contribution in [0.3, 0.4) is 0 Å². The molecule has 1 aromatic rings. The first-order chi connectivity index (χ1) is 8.80. The van der Waals surface area contributed by atoms with Gasteiger partial charge >= 0.3 is 0 Å². The zero-order chi connectivity index (χ0) is 13.0. The van der Waals surface area contributed by atoms with E-state index in [1.54, 1.807) is 11.3 Å². The molecule has 2 rings (SSSR count). The van der Waals surface area contributed by atoms with Crippen molar-refractivity contribution in [3.8, 4) is 0 Å². The highest BCUT2D eigenvalue weighted by Crippen LogP contribution is 2.27. The van der Waals surface area contributed by atoms with Gasteiger partial charge in [0.05, 0.1) is 0 Å². The summed E-state index contributed by atoms with van der Waals surface area (Å²) in [5, 5.41) is 4.39. The van der Waals surface area contributed by atoms with E-state index in [2.05, 4.69) is 40.5 Å². The van der Waals surface area contributed by atoms with Crippen LogP contribution in [-0.2, 0) is 0 Å². The van der Waals surface area contributed by atoms with Gasteiger partial charge in [-0.3, -0.25) is 9.80 Å². The minimum atomic E-state index is 0.414. The van der Waals surface area contributed by atoms with Crippen LogP contribution in [0.5, 0.6) is 0 Å². The average Bonchev–Trinajstić information content (AvgIpc) is 3.04. The lowest BCUT2D eigenvalue weighted by Gasteiger charge is -2.29. The number of thiophene rings is 1. The molecule has 18 heavy (non-hydrogen) atoms. The Morgan fingerprint density at radius 3 is 2.83 bits per heavy atom. The fourth-order valence-corrected chi connectivity index (χ4v) is 3.76. The first-order valence-electron chi connectivity index (χ1n) is 7.00. The number of likely N-dealkylation sites (tertiary alicyclic amines) is 1. The van der Waals surface area contributed by atoms with Gasteiger partial charge in [-0.25, -0.2) is 0 Å². The lowest BCUT2D eigenvalue weighted by Crippen LogP contribution is -2.39. The molecular weight excluding hydrogens is 242 g/mol. The van der Waals surface area contributed by atoms with Crippen LogP contribution in [0.4, 0.5) is 0 Å². The van der Waals surface area contributed by atoms with Crippen molar-refractivity contribution in [2.45, 2.75) is 32.4 Å². The number of rotatable bonds is 6. The second kappa shape index (κ2) is 6.66. The molecule has 0 bridgehead atoms. The molecule has 4 heteroatoms. The maximum absolute atomic E-state index is 5.98. The fraction of sp³-hybridized carbons (Fsp3) is 0.714. The molecule has 0 aliphatic carbocycles. The van der Waals surface area contributed by atoms with Crippen molar-refractivity contribution in [2.24, 2.45) is 5.73 Å². The molecule has 0 radical (unpaired) electrons. The van der Waals surface area contributed by atoms with E-state index in [0.29, 0.717) is 12.1 Å². The Kier molecular flexibility index (Phi) is 5.18. The van der Waals surface area contributed by atoms with Crippen molar-refractivity contribution in [1.82, 2.24) is 9.80 Å². The zero-order valence-electron chi connectivity index (χ0n) is 11.5. The van der Waals surface area contributed by atoms with Crippen LogP contribution in [0.25, 0.3) is 0 Å². The first kappa shape index (κ1) is 14.0. The van der Waals surface area contributed by atoms with Gasteiger partial charge in [0.25, 0.3) is 0 Å². The lowest BCUT2D eigenvalue weighted by molar-refractivity contribution is 0.190. The fourth-order valence-electron chi connectivity index (χ4n) is 3.05. The summed E-state index contributed by atoms with van der Waals surface area (Å²) >= 11 is 1.77. The van der Waals surface area contributed by atoms with E-state index in [1.807, 2.05) is 0 Å². The summed E-state index contributed by atoms with van der Waals surface area (Å²) in [6.07, 6.45) is 1.28. The van der Waals surface area contributed by atoms with Crippen molar-refractivity contribution in [1.29, 1.82) is 0 Å².